The second kappa shape index (κ2) is 8.85. The molecule has 0 unspecified atom stereocenters. The van der Waals surface area contributed by atoms with Gasteiger partial charge in [-0.2, -0.15) is 0 Å². The van der Waals surface area contributed by atoms with E-state index in [0.717, 1.165) is 18.5 Å². The van der Waals surface area contributed by atoms with Crippen molar-refractivity contribution in [3.8, 4) is 11.5 Å². The van der Waals surface area contributed by atoms with Gasteiger partial charge in [-0.05, 0) is 54.6 Å². The SMILES string of the molecule is COc1ccc(S(=O)(=O)C2=CN=C(C(=O)O)N(S(=O)(=O)c3ccc(OC)cc3)C=C2)cc1. The number of benzene rings is 2. The first-order valence-corrected chi connectivity index (χ1v) is 11.8. The highest BCUT2D eigenvalue weighted by atomic mass is 32.2. The molecule has 1 N–H and O–H groups in total. The number of aliphatic imine (C=N–C) groups is 1. The highest BCUT2D eigenvalue weighted by molar-refractivity contribution is 7.95. The van der Waals surface area contributed by atoms with Gasteiger partial charge in [0.1, 0.15) is 11.5 Å². The molecular formula is C20H18N2O8S2. The molecule has 168 valence electrons. The van der Waals surface area contributed by atoms with Crippen LogP contribution < -0.4 is 9.47 Å². The summed E-state index contributed by atoms with van der Waals surface area (Å²) in [6.07, 6.45) is 2.61. The van der Waals surface area contributed by atoms with Gasteiger partial charge in [-0.25, -0.2) is 30.9 Å². The molecule has 12 heteroatoms. The maximum absolute atomic E-state index is 13.1. The van der Waals surface area contributed by atoms with E-state index in [9.17, 15) is 26.7 Å². The summed E-state index contributed by atoms with van der Waals surface area (Å²) < 4.78 is 62.4. The highest BCUT2D eigenvalue weighted by Crippen LogP contribution is 2.26. The zero-order chi connectivity index (χ0) is 23.5. The van der Waals surface area contributed by atoms with E-state index in [4.69, 9.17) is 9.47 Å². The smallest absolute Gasteiger partial charge is 0.373 e. The molecule has 1 aliphatic rings. The van der Waals surface area contributed by atoms with Crippen molar-refractivity contribution in [2.24, 2.45) is 4.99 Å². The third-order valence-corrected chi connectivity index (χ3v) is 7.82. The lowest BCUT2D eigenvalue weighted by atomic mass is 10.3. The quantitative estimate of drug-likeness (QED) is 0.637. The molecule has 0 amide bonds. The van der Waals surface area contributed by atoms with Crippen LogP contribution in [0.4, 0.5) is 0 Å². The maximum Gasteiger partial charge on any atom is 0.373 e. The molecule has 32 heavy (non-hydrogen) atoms. The number of carboxylic acids is 1. The summed E-state index contributed by atoms with van der Waals surface area (Å²) in [6, 6.07) is 10.8. The Labute approximate surface area is 184 Å². The standard InChI is InChI=1S/C20H18N2O8S2/c1-29-14-3-7-16(8-4-14)31(25,26)18-11-12-22(19(20(23)24)21-13-18)32(27,28)17-9-5-15(30-2)6-10-17/h3-13H,1-2H3,(H,23,24). The lowest BCUT2D eigenvalue weighted by Gasteiger charge is -2.18. The molecule has 0 radical (unpaired) electrons. The Balaban J connectivity index is 2.05. The summed E-state index contributed by atoms with van der Waals surface area (Å²) in [5.41, 5.74) is 0. The van der Waals surface area contributed by atoms with Crippen LogP contribution in [0.5, 0.6) is 11.5 Å². The van der Waals surface area contributed by atoms with Crippen molar-refractivity contribution < 1.29 is 36.2 Å². The summed E-state index contributed by atoms with van der Waals surface area (Å²) in [5.74, 6) is -1.71. The molecule has 0 fully saturated rings. The Morgan fingerprint density at radius 3 is 1.84 bits per heavy atom. The average Bonchev–Trinajstić information content (AvgIpc) is 3.03. The fraction of sp³-hybridized carbons (Fsp3) is 0.100. The van der Waals surface area contributed by atoms with Crippen LogP contribution in [-0.4, -0.2) is 52.3 Å². The number of sulfone groups is 1. The number of carbonyl (C=O) groups is 1. The van der Waals surface area contributed by atoms with Gasteiger partial charge in [0.2, 0.25) is 15.7 Å². The van der Waals surface area contributed by atoms with Crippen molar-refractivity contribution in [1.82, 2.24) is 4.31 Å². The first-order valence-electron chi connectivity index (χ1n) is 8.88. The van der Waals surface area contributed by atoms with Crippen molar-refractivity contribution in [2.45, 2.75) is 9.79 Å². The van der Waals surface area contributed by atoms with Gasteiger partial charge in [0.05, 0.1) is 28.9 Å². The number of allylic oxidation sites excluding steroid dienone is 1. The van der Waals surface area contributed by atoms with Crippen LogP contribution in [0.15, 0.2) is 86.7 Å². The van der Waals surface area contributed by atoms with Gasteiger partial charge >= 0.3 is 5.97 Å². The van der Waals surface area contributed by atoms with Gasteiger partial charge in [-0.1, -0.05) is 0 Å². The molecule has 3 rings (SSSR count). The fourth-order valence-electron chi connectivity index (χ4n) is 2.69. The molecule has 0 bridgehead atoms. The summed E-state index contributed by atoms with van der Waals surface area (Å²) in [5, 5.41) is 9.51. The van der Waals surface area contributed by atoms with E-state index in [1.165, 1.54) is 62.8 Å². The van der Waals surface area contributed by atoms with E-state index >= 15 is 0 Å². The average molecular weight is 479 g/mol. The Morgan fingerprint density at radius 1 is 0.875 bits per heavy atom. The number of hydrogen-bond acceptors (Lipinski definition) is 8. The van der Waals surface area contributed by atoms with Crippen LogP contribution in [0.3, 0.4) is 0 Å². The van der Waals surface area contributed by atoms with Crippen molar-refractivity contribution in [1.29, 1.82) is 0 Å². The topological polar surface area (TPSA) is 140 Å². The minimum Gasteiger partial charge on any atom is -0.497 e. The number of nitrogens with zero attached hydrogens (tertiary/aromatic N) is 2. The van der Waals surface area contributed by atoms with Gasteiger partial charge < -0.3 is 14.6 Å². The summed E-state index contributed by atoms with van der Waals surface area (Å²) in [6.45, 7) is 0. The number of hydrogen-bond donors (Lipinski definition) is 1. The Morgan fingerprint density at radius 2 is 1.38 bits per heavy atom. The number of rotatable bonds is 7. The van der Waals surface area contributed by atoms with Crippen LogP contribution in [0.25, 0.3) is 0 Å². The van der Waals surface area contributed by atoms with Gasteiger partial charge in [0, 0.05) is 12.4 Å². The van der Waals surface area contributed by atoms with Crippen LogP contribution in [0, 0.1) is 0 Å². The molecule has 1 heterocycles. The van der Waals surface area contributed by atoms with E-state index in [1.54, 1.807) is 0 Å². The molecule has 0 saturated carbocycles. The normalized spacial score (nSPS) is 14.2. The van der Waals surface area contributed by atoms with Crippen LogP contribution in [-0.2, 0) is 24.7 Å². The molecular weight excluding hydrogens is 460 g/mol. The number of amidine groups is 1. The van der Waals surface area contributed by atoms with E-state index in [-0.39, 0.29) is 9.79 Å². The molecule has 2 aromatic carbocycles. The lowest BCUT2D eigenvalue weighted by Crippen LogP contribution is -2.37. The zero-order valence-electron chi connectivity index (χ0n) is 16.9. The van der Waals surface area contributed by atoms with Gasteiger partial charge in [0.15, 0.2) is 0 Å². The predicted octanol–water partition coefficient (Wildman–Crippen LogP) is 2.02. The number of ether oxygens (including phenoxy) is 2. The van der Waals surface area contributed by atoms with Gasteiger partial charge in [-0.3, -0.25) is 0 Å². The highest BCUT2D eigenvalue weighted by Gasteiger charge is 2.32. The number of sulfonamides is 1. The monoisotopic (exact) mass is 478 g/mol. The molecule has 0 spiro atoms. The molecule has 0 saturated heterocycles. The Hall–Kier alpha value is -3.64. The minimum absolute atomic E-state index is 0.104. The zero-order valence-corrected chi connectivity index (χ0v) is 18.5. The van der Waals surface area contributed by atoms with E-state index < -0.39 is 36.6 Å². The van der Waals surface area contributed by atoms with Crippen LogP contribution in [0.2, 0.25) is 0 Å². The van der Waals surface area contributed by atoms with E-state index in [1.807, 2.05) is 0 Å². The van der Waals surface area contributed by atoms with E-state index in [0.29, 0.717) is 15.8 Å². The molecule has 10 nitrogen and oxygen atoms in total. The van der Waals surface area contributed by atoms with Crippen molar-refractivity contribution >= 4 is 31.7 Å². The van der Waals surface area contributed by atoms with Crippen molar-refractivity contribution in [2.75, 3.05) is 14.2 Å². The third-order valence-electron chi connectivity index (χ3n) is 4.38. The van der Waals surface area contributed by atoms with Crippen molar-refractivity contribution in [3.05, 3.63) is 71.9 Å². The van der Waals surface area contributed by atoms with Crippen LogP contribution >= 0.6 is 0 Å². The van der Waals surface area contributed by atoms with Crippen LogP contribution in [0.1, 0.15) is 0 Å². The molecule has 0 aliphatic carbocycles. The first kappa shape index (κ1) is 23.0. The molecule has 2 aromatic rings. The largest absolute Gasteiger partial charge is 0.497 e. The summed E-state index contributed by atoms with van der Waals surface area (Å²) in [7, 11) is -5.69. The second-order valence-corrected chi connectivity index (χ2v) is 10.0. The Kier molecular flexibility index (Phi) is 6.37. The first-order chi connectivity index (χ1) is 15.1. The molecule has 0 atom stereocenters. The molecule has 0 aromatic heterocycles. The second-order valence-electron chi connectivity index (χ2n) is 6.26. The van der Waals surface area contributed by atoms with Gasteiger partial charge in [0.25, 0.3) is 10.0 Å². The van der Waals surface area contributed by atoms with Gasteiger partial charge in [-0.15, -0.1) is 0 Å². The minimum atomic E-state index is -4.41. The maximum atomic E-state index is 13.1. The summed E-state index contributed by atoms with van der Waals surface area (Å²) >= 11 is 0. The number of aliphatic carboxylic acids is 1. The predicted molar refractivity (Wildman–Crippen MR) is 114 cm³/mol. The number of methoxy groups -OCH3 is 2. The number of carboxylic acid groups (broad SMARTS) is 1. The lowest BCUT2D eigenvalue weighted by molar-refractivity contribution is -0.129. The van der Waals surface area contributed by atoms with Crippen molar-refractivity contribution in [3.63, 3.8) is 0 Å². The third kappa shape index (κ3) is 4.36. The van der Waals surface area contributed by atoms with E-state index in [2.05, 4.69) is 4.99 Å². The summed E-state index contributed by atoms with van der Waals surface area (Å²) in [4.78, 5) is 14.6. The molecule has 1 aliphatic heterocycles. The Bertz CT molecular complexity index is 1320. The fourth-order valence-corrected chi connectivity index (χ4v) is 5.17.